The standard InChI is InChI=1S/C13H13Cl2FN2O2/c1-6-4-18(5-8(6)12(17)19)13(20)7-2-11(16)10(15)3-9(7)14/h2-3,6,8H,4-5H2,1H3,(H2,17,19)/t6-,8-/m1/s1. The summed E-state index contributed by atoms with van der Waals surface area (Å²) in [5.74, 6) is -2.01. The molecule has 0 radical (unpaired) electrons. The van der Waals surface area contributed by atoms with Gasteiger partial charge in [-0.25, -0.2) is 4.39 Å². The highest BCUT2D eigenvalue weighted by molar-refractivity contribution is 6.36. The Balaban J connectivity index is 2.25. The number of hydrogen-bond acceptors (Lipinski definition) is 2. The molecular weight excluding hydrogens is 306 g/mol. The lowest BCUT2D eigenvalue weighted by Gasteiger charge is -2.17. The number of amides is 2. The zero-order valence-corrected chi connectivity index (χ0v) is 12.2. The normalized spacial score (nSPS) is 22.1. The molecule has 2 N–H and O–H groups in total. The van der Waals surface area contributed by atoms with Gasteiger partial charge in [-0.1, -0.05) is 30.1 Å². The number of nitrogens with two attached hydrogens (primary N) is 1. The Bertz CT molecular complexity index is 580. The van der Waals surface area contributed by atoms with Crippen LogP contribution in [0, 0.1) is 17.7 Å². The topological polar surface area (TPSA) is 63.4 Å². The number of nitrogens with zero attached hydrogens (tertiary/aromatic N) is 1. The molecule has 1 fully saturated rings. The molecule has 2 amide bonds. The Morgan fingerprint density at radius 2 is 1.95 bits per heavy atom. The lowest BCUT2D eigenvalue weighted by molar-refractivity contribution is -0.122. The van der Waals surface area contributed by atoms with Crippen molar-refractivity contribution in [2.75, 3.05) is 13.1 Å². The van der Waals surface area contributed by atoms with Crippen LogP contribution < -0.4 is 5.73 Å². The molecule has 0 saturated carbocycles. The van der Waals surface area contributed by atoms with Gasteiger partial charge in [-0.15, -0.1) is 0 Å². The summed E-state index contributed by atoms with van der Waals surface area (Å²) in [6, 6.07) is 2.20. The first-order chi connectivity index (χ1) is 9.31. The molecule has 0 aromatic heterocycles. The monoisotopic (exact) mass is 318 g/mol. The van der Waals surface area contributed by atoms with Crippen LogP contribution in [-0.4, -0.2) is 29.8 Å². The van der Waals surface area contributed by atoms with Crippen LogP contribution in [0.1, 0.15) is 17.3 Å². The smallest absolute Gasteiger partial charge is 0.255 e. The first kappa shape index (κ1) is 15.1. The van der Waals surface area contributed by atoms with Gasteiger partial charge in [-0.3, -0.25) is 9.59 Å². The minimum Gasteiger partial charge on any atom is -0.369 e. The lowest BCUT2D eigenvalue weighted by atomic mass is 9.98. The van der Waals surface area contributed by atoms with Gasteiger partial charge in [-0.2, -0.15) is 0 Å². The van der Waals surface area contributed by atoms with Crippen LogP contribution in [-0.2, 0) is 4.79 Å². The van der Waals surface area contributed by atoms with Gasteiger partial charge in [0.25, 0.3) is 5.91 Å². The molecule has 1 aromatic rings. The molecule has 1 saturated heterocycles. The van der Waals surface area contributed by atoms with E-state index in [0.29, 0.717) is 6.54 Å². The van der Waals surface area contributed by atoms with E-state index in [1.165, 1.54) is 11.0 Å². The zero-order valence-electron chi connectivity index (χ0n) is 10.7. The van der Waals surface area contributed by atoms with E-state index in [2.05, 4.69) is 0 Å². The van der Waals surface area contributed by atoms with E-state index in [-0.39, 0.29) is 28.1 Å². The van der Waals surface area contributed by atoms with Crippen LogP contribution in [0.5, 0.6) is 0 Å². The molecule has 2 atom stereocenters. The Morgan fingerprint density at radius 3 is 2.50 bits per heavy atom. The van der Waals surface area contributed by atoms with Crippen molar-refractivity contribution in [1.29, 1.82) is 0 Å². The van der Waals surface area contributed by atoms with Crippen molar-refractivity contribution in [1.82, 2.24) is 4.90 Å². The highest BCUT2D eigenvalue weighted by Crippen LogP contribution is 2.29. The van der Waals surface area contributed by atoms with Crippen molar-refractivity contribution in [2.24, 2.45) is 17.6 Å². The molecule has 0 bridgehead atoms. The molecule has 108 valence electrons. The minimum atomic E-state index is -0.710. The maximum absolute atomic E-state index is 13.5. The lowest BCUT2D eigenvalue weighted by Crippen LogP contribution is -2.32. The number of halogens is 3. The molecule has 1 aromatic carbocycles. The van der Waals surface area contributed by atoms with Gasteiger partial charge in [0.15, 0.2) is 0 Å². The number of rotatable bonds is 2. The van der Waals surface area contributed by atoms with E-state index in [9.17, 15) is 14.0 Å². The number of primary amides is 1. The van der Waals surface area contributed by atoms with Gasteiger partial charge in [0, 0.05) is 13.1 Å². The maximum Gasteiger partial charge on any atom is 0.255 e. The van der Waals surface area contributed by atoms with Gasteiger partial charge < -0.3 is 10.6 Å². The summed E-state index contributed by atoms with van der Waals surface area (Å²) in [5, 5.41) is -0.0621. The van der Waals surface area contributed by atoms with Gasteiger partial charge in [0.05, 0.1) is 21.5 Å². The second kappa shape index (κ2) is 5.58. The number of carbonyl (C=O) groups is 2. The van der Waals surface area contributed by atoms with Gasteiger partial charge in [0.1, 0.15) is 5.82 Å². The van der Waals surface area contributed by atoms with Gasteiger partial charge in [-0.05, 0) is 18.1 Å². The largest absolute Gasteiger partial charge is 0.369 e. The van der Waals surface area contributed by atoms with E-state index in [4.69, 9.17) is 28.9 Å². The first-order valence-electron chi connectivity index (χ1n) is 6.04. The van der Waals surface area contributed by atoms with E-state index < -0.39 is 23.5 Å². The fourth-order valence-corrected chi connectivity index (χ4v) is 2.82. The molecule has 4 nitrogen and oxygen atoms in total. The summed E-state index contributed by atoms with van der Waals surface area (Å²) in [6.45, 7) is 2.44. The SMILES string of the molecule is C[C@@H]1CN(C(=O)c2cc(F)c(Cl)cc2Cl)C[C@H]1C(N)=O. The molecule has 0 spiro atoms. The third-order valence-electron chi connectivity index (χ3n) is 3.51. The number of carbonyl (C=O) groups excluding carboxylic acids is 2. The predicted molar refractivity (Wildman–Crippen MR) is 74.2 cm³/mol. The van der Waals surface area contributed by atoms with Crippen molar-refractivity contribution in [3.05, 3.63) is 33.6 Å². The van der Waals surface area contributed by atoms with Crippen LogP contribution in [0.25, 0.3) is 0 Å². The first-order valence-corrected chi connectivity index (χ1v) is 6.80. The molecular formula is C13H13Cl2FN2O2. The third-order valence-corrected chi connectivity index (χ3v) is 4.11. The second-order valence-electron chi connectivity index (χ2n) is 4.94. The number of likely N-dealkylation sites (tertiary alicyclic amines) is 1. The summed E-state index contributed by atoms with van der Waals surface area (Å²) >= 11 is 11.5. The maximum atomic E-state index is 13.5. The molecule has 0 unspecified atom stereocenters. The summed E-state index contributed by atoms with van der Waals surface area (Å²) in [6.07, 6.45) is 0. The van der Waals surface area contributed by atoms with Crippen molar-refractivity contribution < 1.29 is 14.0 Å². The average molecular weight is 319 g/mol. The highest BCUT2D eigenvalue weighted by atomic mass is 35.5. The van der Waals surface area contributed by atoms with Gasteiger partial charge in [0.2, 0.25) is 5.91 Å². The summed E-state index contributed by atoms with van der Waals surface area (Å²) in [5.41, 5.74) is 5.32. The summed E-state index contributed by atoms with van der Waals surface area (Å²) < 4.78 is 13.5. The second-order valence-corrected chi connectivity index (χ2v) is 5.76. The van der Waals surface area contributed by atoms with Crippen molar-refractivity contribution in [3.63, 3.8) is 0 Å². The Kier molecular flexibility index (Phi) is 4.20. The van der Waals surface area contributed by atoms with Crippen molar-refractivity contribution in [3.8, 4) is 0 Å². The van der Waals surface area contributed by atoms with E-state index in [0.717, 1.165) is 6.07 Å². The fourth-order valence-electron chi connectivity index (χ4n) is 2.36. The Hall–Kier alpha value is -1.33. The molecule has 1 aliphatic rings. The minimum absolute atomic E-state index is 0.0332. The quantitative estimate of drug-likeness (QED) is 0.850. The molecule has 1 heterocycles. The Labute approximate surface area is 125 Å². The van der Waals surface area contributed by atoms with Crippen LogP contribution in [0.4, 0.5) is 4.39 Å². The third kappa shape index (κ3) is 2.74. The highest BCUT2D eigenvalue weighted by Gasteiger charge is 2.36. The van der Waals surface area contributed by atoms with E-state index in [1.54, 1.807) is 0 Å². The van der Waals surface area contributed by atoms with Crippen LogP contribution in [0.2, 0.25) is 10.0 Å². The predicted octanol–water partition coefficient (Wildman–Crippen LogP) is 2.33. The van der Waals surface area contributed by atoms with Crippen molar-refractivity contribution >= 4 is 35.0 Å². The molecule has 20 heavy (non-hydrogen) atoms. The molecule has 2 rings (SSSR count). The number of hydrogen-bond donors (Lipinski definition) is 1. The summed E-state index contributed by atoms with van der Waals surface area (Å²) in [7, 11) is 0. The Morgan fingerprint density at radius 1 is 1.30 bits per heavy atom. The van der Waals surface area contributed by atoms with Crippen molar-refractivity contribution in [2.45, 2.75) is 6.92 Å². The van der Waals surface area contributed by atoms with Crippen LogP contribution >= 0.6 is 23.2 Å². The zero-order chi connectivity index (χ0) is 15.0. The van der Waals surface area contributed by atoms with Gasteiger partial charge >= 0.3 is 0 Å². The summed E-state index contributed by atoms with van der Waals surface area (Å²) in [4.78, 5) is 25.0. The average Bonchev–Trinajstić information content (AvgIpc) is 2.75. The van der Waals surface area contributed by atoms with E-state index in [1.807, 2.05) is 6.92 Å². The number of benzene rings is 1. The van der Waals surface area contributed by atoms with Crippen LogP contribution in [0.15, 0.2) is 12.1 Å². The molecule has 7 heteroatoms. The molecule has 0 aliphatic carbocycles. The van der Waals surface area contributed by atoms with Crippen LogP contribution in [0.3, 0.4) is 0 Å². The molecule has 1 aliphatic heterocycles. The van der Waals surface area contributed by atoms with E-state index >= 15 is 0 Å². The fraction of sp³-hybridized carbons (Fsp3) is 0.385.